The van der Waals surface area contributed by atoms with Crippen LogP contribution in [0.5, 0.6) is 0 Å². The van der Waals surface area contributed by atoms with Crippen LogP contribution in [0.2, 0.25) is 0 Å². The van der Waals surface area contributed by atoms with Crippen molar-refractivity contribution in [1.82, 2.24) is 4.90 Å². The Morgan fingerprint density at radius 1 is 1.64 bits per heavy atom. The Labute approximate surface area is 67.6 Å². The van der Waals surface area contributed by atoms with E-state index in [1.807, 2.05) is 4.90 Å². The van der Waals surface area contributed by atoms with E-state index in [-0.39, 0.29) is 0 Å². The molecule has 0 aromatic heterocycles. The Morgan fingerprint density at radius 2 is 2.45 bits per heavy atom. The Kier molecular flexibility index (Phi) is 3.18. The Hall–Kier alpha value is -0.750. The molecule has 0 aliphatic carbocycles. The molecule has 62 valence electrons. The third-order valence-electron chi connectivity index (χ3n) is 2.11. The summed E-state index contributed by atoms with van der Waals surface area (Å²) in [4.78, 5) is 1.83. The molecular weight excluding hydrogens is 140 g/mol. The fourth-order valence-electron chi connectivity index (χ4n) is 1.50. The number of rotatable bonds is 2. The van der Waals surface area contributed by atoms with E-state index in [4.69, 9.17) is 10.00 Å². The van der Waals surface area contributed by atoms with Crippen molar-refractivity contribution in [3.8, 4) is 6.19 Å². The molecule has 1 saturated heterocycles. The summed E-state index contributed by atoms with van der Waals surface area (Å²) in [5.41, 5.74) is 0. The van der Waals surface area contributed by atoms with Crippen molar-refractivity contribution in [1.29, 1.82) is 5.26 Å². The summed E-state index contributed by atoms with van der Waals surface area (Å²) >= 11 is 0. The average Bonchev–Trinajstić information content (AvgIpc) is 2.06. The predicted molar refractivity (Wildman–Crippen MR) is 41.8 cm³/mol. The van der Waals surface area contributed by atoms with Gasteiger partial charge in [0.15, 0.2) is 6.19 Å². The smallest absolute Gasteiger partial charge is 0.179 e. The van der Waals surface area contributed by atoms with Crippen LogP contribution < -0.4 is 0 Å². The van der Waals surface area contributed by atoms with Crippen molar-refractivity contribution < 1.29 is 4.74 Å². The van der Waals surface area contributed by atoms with Gasteiger partial charge in [-0.05, 0) is 19.3 Å². The summed E-state index contributed by atoms with van der Waals surface area (Å²) in [7, 11) is 1.68. The van der Waals surface area contributed by atoms with Gasteiger partial charge in [-0.25, -0.2) is 0 Å². The van der Waals surface area contributed by atoms with Crippen LogP contribution in [0.4, 0.5) is 0 Å². The number of ether oxygens (including phenoxy) is 1. The number of likely N-dealkylation sites (tertiary alicyclic amines) is 1. The van der Waals surface area contributed by atoms with E-state index in [0.717, 1.165) is 19.4 Å². The maximum Gasteiger partial charge on any atom is 0.179 e. The standard InChI is InChI=1S/C8H14N2O/c1-11-6-8-4-2-3-5-10(8)7-9/h8H,2-6H2,1H3. The minimum Gasteiger partial charge on any atom is -0.383 e. The summed E-state index contributed by atoms with van der Waals surface area (Å²) < 4.78 is 5.02. The maximum absolute atomic E-state index is 8.71. The van der Waals surface area contributed by atoms with Gasteiger partial charge >= 0.3 is 0 Å². The van der Waals surface area contributed by atoms with Gasteiger partial charge in [0, 0.05) is 13.7 Å². The van der Waals surface area contributed by atoms with E-state index in [0.29, 0.717) is 12.6 Å². The molecular formula is C8H14N2O. The fraction of sp³-hybridized carbons (Fsp3) is 0.875. The van der Waals surface area contributed by atoms with Crippen molar-refractivity contribution in [2.45, 2.75) is 25.3 Å². The number of methoxy groups -OCH3 is 1. The van der Waals surface area contributed by atoms with Gasteiger partial charge in [0.05, 0.1) is 12.6 Å². The summed E-state index contributed by atoms with van der Waals surface area (Å²) in [5.74, 6) is 0. The first-order chi connectivity index (χ1) is 5.38. The molecule has 3 heteroatoms. The molecule has 1 aliphatic rings. The van der Waals surface area contributed by atoms with Crippen LogP contribution in [-0.4, -0.2) is 31.2 Å². The second-order valence-corrected chi connectivity index (χ2v) is 2.90. The van der Waals surface area contributed by atoms with Gasteiger partial charge < -0.3 is 9.64 Å². The Morgan fingerprint density at radius 3 is 3.09 bits per heavy atom. The number of hydrogen-bond donors (Lipinski definition) is 0. The molecule has 0 aromatic rings. The van der Waals surface area contributed by atoms with Crippen molar-refractivity contribution in [2.24, 2.45) is 0 Å². The lowest BCUT2D eigenvalue weighted by Crippen LogP contribution is -2.38. The average molecular weight is 154 g/mol. The Balaban J connectivity index is 2.39. The van der Waals surface area contributed by atoms with Crippen LogP contribution in [0.1, 0.15) is 19.3 Å². The summed E-state index contributed by atoms with van der Waals surface area (Å²) in [6.07, 6.45) is 5.67. The Bertz CT molecular complexity index is 151. The molecule has 0 N–H and O–H groups in total. The van der Waals surface area contributed by atoms with Crippen molar-refractivity contribution in [3.63, 3.8) is 0 Å². The van der Waals surface area contributed by atoms with Crippen LogP contribution in [0.25, 0.3) is 0 Å². The molecule has 0 bridgehead atoms. The van der Waals surface area contributed by atoms with Gasteiger partial charge in [-0.1, -0.05) is 0 Å². The predicted octanol–water partition coefficient (Wildman–Crippen LogP) is 0.968. The number of hydrogen-bond acceptors (Lipinski definition) is 3. The monoisotopic (exact) mass is 154 g/mol. The van der Waals surface area contributed by atoms with Gasteiger partial charge in [0.2, 0.25) is 0 Å². The first-order valence-corrected chi connectivity index (χ1v) is 4.04. The molecule has 1 heterocycles. The molecule has 1 atom stereocenters. The van der Waals surface area contributed by atoms with Crippen molar-refractivity contribution in [2.75, 3.05) is 20.3 Å². The molecule has 3 nitrogen and oxygen atoms in total. The van der Waals surface area contributed by atoms with E-state index in [9.17, 15) is 0 Å². The van der Waals surface area contributed by atoms with Crippen LogP contribution in [0.15, 0.2) is 0 Å². The molecule has 0 spiro atoms. The molecule has 11 heavy (non-hydrogen) atoms. The van der Waals surface area contributed by atoms with E-state index in [1.54, 1.807) is 7.11 Å². The quantitative estimate of drug-likeness (QED) is 0.556. The van der Waals surface area contributed by atoms with Crippen LogP contribution in [0, 0.1) is 11.5 Å². The minimum atomic E-state index is 0.332. The second kappa shape index (κ2) is 4.20. The van der Waals surface area contributed by atoms with Gasteiger partial charge in [0.25, 0.3) is 0 Å². The van der Waals surface area contributed by atoms with E-state index >= 15 is 0 Å². The largest absolute Gasteiger partial charge is 0.383 e. The number of nitriles is 1. The third kappa shape index (κ3) is 2.09. The molecule has 0 aromatic carbocycles. The lowest BCUT2D eigenvalue weighted by Gasteiger charge is -2.30. The zero-order valence-corrected chi connectivity index (χ0v) is 6.92. The van der Waals surface area contributed by atoms with E-state index in [1.165, 1.54) is 6.42 Å². The first kappa shape index (κ1) is 8.35. The highest BCUT2D eigenvalue weighted by Gasteiger charge is 2.20. The zero-order valence-electron chi connectivity index (χ0n) is 6.92. The first-order valence-electron chi connectivity index (χ1n) is 4.04. The molecule has 1 aliphatic heterocycles. The van der Waals surface area contributed by atoms with Crippen LogP contribution in [0.3, 0.4) is 0 Å². The van der Waals surface area contributed by atoms with E-state index < -0.39 is 0 Å². The molecule has 0 amide bonds. The molecule has 1 unspecified atom stereocenters. The van der Waals surface area contributed by atoms with Crippen molar-refractivity contribution >= 4 is 0 Å². The van der Waals surface area contributed by atoms with Crippen molar-refractivity contribution in [3.05, 3.63) is 0 Å². The number of nitrogens with zero attached hydrogens (tertiary/aromatic N) is 2. The van der Waals surface area contributed by atoms with Gasteiger partial charge in [-0.15, -0.1) is 0 Å². The third-order valence-corrected chi connectivity index (χ3v) is 2.11. The summed E-state index contributed by atoms with van der Waals surface area (Å²) in [6, 6.07) is 0.332. The maximum atomic E-state index is 8.71. The zero-order chi connectivity index (χ0) is 8.10. The van der Waals surface area contributed by atoms with Crippen LogP contribution in [-0.2, 0) is 4.74 Å². The highest BCUT2D eigenvalue weighted by Crippen LogP contribution is 2.15. The van der Waals surface area contributed by atoms with Crippen LogP contribution >= 0.6 is 0 Å². The highest BCUT2D eigenvalue weighted by molar-refractivity contribution is 4.85. The summed E-state index contributed by atoms with van der Waals surface area (Å²) in [6.45, 7) is 1.60. The topological polar surface area (TPSA) is 36.3 Å². The minimum absolute atomic E-state index is 0.332. The highest BCUT2D eigenvalue weighted by atomic mass is 16.5. The summed E-state index contributed by atoms with van der Waals surface area (Å²) in [5, 5.41) is 8.71. The molecule has 1 rings (SSSR count). The second-order valence-electron chi connectivity index (χ2n) is 2.90. The fourth-order valence-corrected chi connectivity index (χ4v) is 1.50. The lowest BCUT2D eigenvalue weighted by atomic mass is 10.0. The normalized spacial score (nSPS) is 24.7. The molecule has 1 fully saturated rings. The molecule has 0 saturated carbocycles. The van der Waals surface area contributed by atoms with Gasteiger partial charge in [-0.2, -0.15) is 5.26 Å². The van der Waals surface area contributed by atoms with E-state index in [2.05, 4.69) is 6.19 Å². The van der Waals surface area contributed by atoms with Gasteiger partial charge in [0.1, 0.15) is 0 Å². The SMILES string of the molecule is COCC1CCCCN1C#N. The lowest BCUT2D eigenvalue weighted by molar-refractivity contribution is 0.0994. The molecule has 0 radical (unpaired) electrons. The number of piperidine rings is 1. The van der Waals surface area contributed by atoms with Gasteiger partial charge in [-0.3, -0.25) is 0 Å².